The number of thioether (sulfide) groups is 1. The van der Waals surface area contributed by atoms with Gasteiger partial charge in [0.1, 0.15) is 5.69 Å². The number of hydrogen-bond donors (Lipinski definition) is 1. The number of anilines is 1. The molecule has 0 amide bonds. The van der Waals surface area contributed by atoms with Crippen LogP contribution >= 0.6 is 11.8 Å². The van der Waals surface area contributed by atoms with Crippen LogP contribution in [0.5, 0.6) is 0 Å². The Hall–Kier alpha value is -1.17. The number of aryl methyl sites for hydroxylation is 1. The van der Waals surface area contributed by atoms with Crippen LogP contribution in [0, 0.1) is 0 Å². The molecular formula is C10H17N3O2S. The SMILES string of the molecule is CCn1cc(N)c(=O)n(CCCSC)c1=O. The lowest BCUT2D eigenvalue weighted by molar-refractivity contribution is 0.563. The lowest BCUT2D eigenvalue weighted by Crippen LogP contribution is -2.40. The Labute approximate surface area is 98.3 Å². The summed E-state index contributed by atoms with van der Waals surface area (Å²) in [6.45, 7) is 2.80. The van der Waals surface area contributed by atoms with Crippen LogP contribution in [0.4, 0.5) is 5.69 Å². The lowest BCUT2D eigenvalue weighted by Gasteiger charge is -2.09. The molecule has 0 radical (unpaired) electrons. The molecule has 0 aliphatic heterocycles. The average Bonchev–Trinajstić information content (AvgIpc) is 2.28. The first kappa shape index (κ1) is 12.9. The van der Waals surface area contributed by atoms with E-state index in [4.69, 9.17) is 5.73 Å². The Morgan fingerprint density at radius 3 is 2.69 bits per heavy atom. The minimum absolute atomic E-state index is 0.130. The Kier molecular flexibility index (Phi) is 4.67. The Morgan fingerprint density at radius 1 is 1.44 bits per heavy atom. The minimum Gasteiger partial charge on any atom is -0.393 e. The van der Waals surface area contributed by atoms with Crippen LogP contribution in [0.15, 0.2) is 15.8 Å². The van der Waals surface area contributed by atoms with Gasteiger partial charge in [-0.05, 0) is 25.4 Å². The van der Waals surface area contributed by atoms with E-state index in [1.54, 1.807) is 11.8 Å². The molecule has 1 aromatic heterocycles. The quantitative estimate of drug-likeness (QED) is 0.758. The third-order valence-corrected chi connectivity index (χ3v) is 3.03. The van der Waals surface area contributed by atoms with Crippen molar-refractivity contribution in [3.05, 3.63) is 27.0 Å². The zero-order valence-electron chi connectivity index (χ0n) is 9.60. The van der Waals surface area contributed by atoms with Gasteiger partial charge >= 0.3 is 5.69 Å². The molecule has 0 bridgehead atoms. The summed E-state index contributed by atoms with van der Waals surface area (Å²) in [5, 5.41) is 0. The van der Waals surface area contributed by atoms with Gasteiger partial charge in [0.25, 0.3) is 5.56 Å². The zero-order chi connectivity index (χ0) is 12.1. The molecule has 0 saturated carbocycles. The fourth-order valence-electron chi connectivity index (χ4n) is 1.47. The van der Waals surface area contributed by atoms with E-state index in [1.807, 2.05) is 13.2 Å². The first-order chi connectivity index (χ1) is 7.61. The van der Waals surface area contributed by atoms with Gasteiger partial charge in [-0.2, -0.15) is 11.8 Å². The van der Waals surface area contributed by atoms with E-state index < -0.39 is 0 Å². The van der Waals surface area contributed by atoms with Crippen molar-refractivity contribution in [2.24, 2.45) is 0 Å². The predicted octanol–water partition coefficient (Wildman–Crippen LogP) is 0.365. The van der Waals surface area contributed by atoms with E-state index in [-0.39, 0.29) is 16.9 Å². The Bertz CT molecular complexity index is 464. The number of hydrogen-bond acceptors (Lipinski definition) is 4. The number of rotatable bonds is 5. The summed E-state index contributed by atoms with van der Waals surface area (Å²) in [7, 11) is 0. The number of aromatic nitrogens is 2. The van der Waals surface area contributed by atoms with Crippen molar-refractivity contribution in [3.8, 4) is 0 Å². The van der Waals surface area contributed by atoms with Gasteiger partial charge in [0, 0.05) is 19.3 Å². The Balaban J connectivity index is 3.10. The summed E-state index contributed by atoms with van der Waals surface area (Å²) in [6.07, 6.45) is 4.20. The zero-order valence-corrected chi connectivity index (χ0v) is 10.4. The fourth-order valence-corrected chi connectivity index (χ4v) is 1.88. The van der Waals surface area contributed by atoms with Crippen LogP contribution in [-0.4, -0.2) is 21.1 Å². The van der Waals surface area contributed by atoms with Crippen molar-refractivity contribution in [3.63, 3.8) is 0 Å². The molecule has 5 nitrogen and oxygen atoms in total. The summed E-state index contributed by atoms with van der Waals surface area (Å²) in [6, 6.07) is 0. The van der Waals surface area contributed by atoms with Crippen LogP contribution in [0.25, 0.3) is 0 Å². The van der Waals surface area contributed by atoms with Crippen molar-refractivity contribution >= 4 is 17.4 Å². The highest BCUT2D eigenvalue weighted by Gasteiger charge is 2.07. The molecular weight excluding hydrogens is 226 g/mol. The van der Waals surface area contributed by atoms with Gasteiger partial charge < -0.3 is 5.73 Å². The van der Waals surface area contributed by atoms with Crippen molar-refractivity contribution in [2.75, 3.05) is 17.7 Å². The fraction of sp³-hybridized carbons (Fsp3) is 0.600. The van der Waals surface area contributed by atoms with E-state index in [9.17, 15) is 9.59 Å². The maximum Gasteiger partial charge on any atom is 0.331 e. The van der Waals surface area contributed by atoms with Crippen LogP contribution < -0.4 is 17.0 Å². The molecule has 1 aromatic rings. The van der Waals surface area contributed by atoms with Gasteiger partial charge in [0.15, 0.2) is 0 Å². The molecule has 0 aliphatic carbocycles. The molecule has 0 atom stereocenters. The van der Waals surface area contributed by atoms with Gasteiger partial charge in [-0.15, -0.1) is 0 Å². The van der Waals surface area contributed by atoms with Crippen molar-refractivity contribution in [1.82, 2.24) is 9.13 Å². The molecule has 1 rings (SSSR count). The molecule has 0 unspecified atom stereocenters. The maximum atomic E-state index is 11.8. The lowest BCUT2D eigenvalue weighted by atomic mass is 10.4. The van der Waals surface area contributed by atoms with Crippen molar-refractivity contribution in [1.29, 1.82) is 0 Å². The average molecular weight is 243 g/mol. The smallest absolute Gasteiger partial charge is 0.331 e. The van der Waals surface area contributed by atoms with Gasteiger partial charge in [0.05, 0.1) is 0 Å². The van der Waals surface area contributed by atoms with E-state index in [0.717, 1.165) is 12.2 Å². The van der Waals surface area contributed by atoms with E-state index in [1.165, 1.54) is 15.3 Å². The molecule has 2 N–H and O–H groups in total. The minimum atomic E-state index is -0.379. The van der Waals surface area contributed by atoms with Crippen molar-refractivity contribution < 1.29 is 0 Å². The third kappa shape index (κ3) is 2.69. The second-order valence-corrected chi connectivity index (χ2v) is 4.44. The van der Waals surface area contributed by atoms with Crippen molar-refractivity contribution in [2.45, 2.75) is 26.4 Å². The molecule has 1 heterocycles. The summed E-state index contributed by atoms with van der Waals surface area (Å²) in [5.41, 5.74) is 5.05. The molecule has 90 valence electrons. The van der Waals surface area contributed by atoms with Gasteiger partial charge in [-0.1, -0.05) is 0 Å². The maximum absolute atomic E-state index is 11.8. The van der Waals surface area contributed by atoms with Gasteiger partial charge in [0.2, 0.25) is 0 Å². The summed E-state index contributed by atoms with van der Waals surface area (Å²) in [4.78, 5) is 23.5. The number of nitrogens with two attached hydrogens (primary N) is 1. The number of nitrogens with zero attached hydrogens (tertiary/aromatic N) is 2. The standard InChI is InChI=1S/C10H17N3O2S/c1-3-12-7-8(11)9(14)13(10(12)15)5-4-6-16-2/h7H,3-6,11H2,1-2H3. The van der Waals surface area contributed by atoms with Gasteiger partial charge in [-0.3, -0.25) is 13.9 Å². The highest BCUT2D eigenvalue weighted by atomic mass is 32.2. The molecule has 16 heavy (non-hydrogen) atoms. The molecule has 0 aromatic carbocycles. The summed E-state index contributed by atoms with van der Waals surface area (Å²) >= 11 is 1.69. The second kappa shape index (κ2) is 5.79. The molecule has 0 spiro atoms. The molecule has 6 heteroatoms. The van der Waals surface area contributed by atoms with Crippen LogP contribution in [0.3, 0.4) is 0 Å². The third-order valence-electron chi connectivity index (χ3n) is 2.33. The summed E-state index contributed by atoms with van der Waals surface area (Å²) in [5.74, 6) is 0.923. The van der Waals surface area contributed by atoms with E-state index in [2.05, 4.69) is 0 Å². The molecule has 0 aliphatic rings. The highest BCUT2D eigenvalue weighted by Crippen LogP contribution is 1.97. The first-order valence-corrected chi connectivity index (χ1v) is 6.59. The topological polar surface area (TPSA) is 70.0 Å². The van der Waals surface area contributed by atoms with Crippen LogP contribution in [-0.2, 0) is 13.1 Å². The number of nitrogen functional groups attached to an aromatic ring is 1. The monoisotopic (exact) mass is 243 g/mol. The summed E-state index contributed by atoms with van der Waals surface area (Å²) < 4.78 is 2.67. The first-order valence-electron chi connectivity index (χ1n) is 5.20. The highest BCUT2D eigenvalue weighted by molar-refractivity contribution is 7.98. The van der Waals surface area contributed by atoms with Gasteiger partial charge in [-0.25, -0.2) is 4.79 Å². The molecule has 0 saturated heterocycles. The van der Waals surface area contributed by atoms with Crippen LogP contribution in [0.2, 0.25) is 0 Å². The Morgan fingerprint density at radius 2 is 2.12 bits per heavy atom. The normalized spacial score (nSPS) is 10.6. The second-order valence-electron chi connectivity index (χ2n) is 3.46. The van der Waals surface area contributed by atoms with E-state index in [0.29, 0.717) is 13.1 Å². The molecule has 0 fully saturated rings. The predicted molar refractivity (Wildman–Crippen MR) is 68.0 cm³/mol. The van der Waals surface area contributed by atoms with E-state index >= 15 is 0 Å². The van der Waals surface area contributed by atoms with Crippen LogP contribution in [0.1, 0.15) is 13.3 Å². The largest absolute Gasteiger partial charge is 0.393 e.